The summed E-state index contributed by atoms with van der Waals surface area (Å²) in [6.45, 7) is 6.11. The van der Waals surface area contributed by atoms with Crippen molar-refractivity contribution >= 4 is 21.7 Å². The zero-order valence-corrected chi connectivity index (χ0v) is 15.4. The van der Waals surface area contributed by atoms with Gasteiger partial charge in [0.15, 0.2) is 0 Å². The molecule has 0 aromatic heterocycles. The molecule has 6 heteroatoms. The van der Waals surface area contributed by atoms with Gasteiger partial charge in [-0.2, -0.15) is 8.42 Å². The Morgan fingerprint density at radius 2 is 1.80 bits per heavy atom. The van der Waals surface area contributed by atoms with Gasteiger partial charge in [-0.05, 0) is 68.1 Å². The summed E-state index contributed by atoms with van der Waals surface area (Å²) < 4.78 is 30.7. The number of anilines is 1. The van der Waals surface area contributed by atoms with Gasteiger partial charge in [0.25, 0.3) is 0 Å². The molecule has 5 nitrogen and oxygen atoms in total. The lowest BCUT2D eigenvalue weighted by atomic mass is 10.1. The molecule has 1 aliphatic heterocycles. The molecule has 1 fully saturated rings. The summed E-state index contributed by atoms with van der Waals surface area (Å²) in [5.74, 6) is 0.403. The fourth-order valence-corrected chi connectivity index (χ4v) is 4.18. The highest BCUT2D eigenvalue weighted by Gasteiger charge is 2.25. The van der Waals surface area contributed by atoms with E-state index in [0.717, 1.165) is 23.2 Å². The number of hydrogen-bond acceptors (Lipinski definition) is 4. The Kier molecular flexibility index (Phi) is 4.56. The molecule has 2 aromatic rings. The fraction of sp³-hybridized carbons (Fsp3) is 0.316. The minimum absolute atomic E-state index is 0.0710. The SMILES string of the molecule is Cc1cc(N2CCCC2=O)ccc1S(=O)(=O)Oc1cccc(C)c1C. The molecule has 2 aromatic carbocycles. The van der Waals surface area contributed by atoms with Crippen molar-refractivity contribution in [2.24, 2.45) is 0 Å². The van der Waals surface area contributed by atoms with Crippen molar-refractivity contribution in [1.82, 2.24) is 0 Å². The third-order valence-electron chi connectivity index (χ3n) is 4.57. The molecule has 25 heavy (non-hydrogen) atoms. The smallest absolute Gasteiger partial charge is 0.339 e. The van der Waals surface area contributed by atoms with Crippen LogP contribution in [0.25, 0.3) is 0 Å². The van der Waals surface area contributed by atoms with Crippen molar-refractivity contribution in [2.45, 2.75) is 38.5 Å². The van der Waals surface area contributed by atoms with Crippen LogP contribution in [-0.4, -0.2) is 20.9 Å². The second-order valence-electron chi connectivity index (χ2n) is 6.33. The van der Waals surface area contributed by atoms with Gasteiger partial charge in [0.1, 0.15) is 10.6 Å². The number of nitrogens with zero attached hydrogens (tertiary/aromatic N) is 1. The summed E-state index contributed by atoms with van der Waals surface area (Å²) in [5.41, 5.74) is 3.04. The molecule has 1 aliphatic rings. The maximum Gasteiger partial charge on any atom is 0.339 e. The molecular weight excluding hydrogens is 338 g/mol. The lowest BCUT2D eigenvalue weighted by Gasteiger charge is -2.18. The van der Waals surface area contributed by atoms with Gasteiger partial charge < -0.3 is 9.08 Å². The number of rotatable bonds is 4. The van der Waals surface area contributed by atoms with Crippen LogP contribution in [0, 0.1) is 20.8 Å². The van der Waals surface area contributed by atoms with E-state index < -0.39 is 10.1 Å². The van der Waals surface area contributed by atoms with Crippen molar-refractivity contribution in [1.29, 1.82) is 0 Å². The number of hydrogen-bond donors (Lipinski definition) is 0. The second kappa shape index (κ2) is 6.52. The van der Waals surface area contributed by atoms with Crippen LogP contribution in [0.15, 0.2) is 41.3 Å². The highest BCUT2D eigenvalue weighted by atomic mass is 32.2. The van der Waals surface area contributed by atoms with E-state index in [0.29, 0.717) is 24.3 Å². The number of benzene rings is 2. The predicted molar refractivity (Wildman–Crippen MR) is 96.5 cm³/mol. The summed E-state index contributed by atoms with van der Waals surface area (Å²) in [7, 11) is -3.94. The Morgan fingerprint density at radius 1 is 1.04 bits per heavy atom. The second-order valence-corrected chi connectivity index (χ2v) is 7.85. The summed E-state index contributed by atoms with van der Waals surface area (Å²) in [4.78, 5) is 13.7. The van der Waals surface area contributed by atoms with Gasteiger partial charge in [0, 0.05) is 18.7 Å². The lowest BCUT2D eigenvalue weighted by Crippen LogP contribution is -2.24. The first-order valence-corrected chi connectivity index (χ1v) is 9.62. The van der Waals surface area contributed by atoms with Crippen LogP contribution in [0.5, 0.6) is 5.75 Å². The van der Waals surface area contributed by atoms with Crippen molar-refractivity contribution < 1.29 is 17.4 Å². The van der Waals surface area contributed by atoms with Crippen LogP contribution in [0.1, 0.15) is 29.5 Å². The molecule has 3 rings (SSSR count). The van der Waals surface area contributed by atoms with E-state index in [1.165, 1.54) is 6.07 Å². The van der Waals surface area contributed by atoms with Gasteiger partial charge in [0.05, 0.1) is 0 Å². The van der Waals surface area contributed by atoms with Crippen LogP contribution in [0.2, 0.25) is 0 Å². The minimum atomic E-state index is -3.94. The van der Waals surface area contributed by atoms with Crippen LogP contribution in [-0.2, 0) is 14.9 Å². The van der Waals surface area contributed by atoms with Crippen molar-refractivity contribution in [2.75, 3.05) is 11.4 Å². The van der Waals surface area contributed by atoms with Crippen LogP contribution < -0.4 is 9.08 Å². The van der Waals surface area contributed by atoms with E-state index in [4.69, 9.17) is 4.18 Å². The van der Waals surface area contributed by atoms with E-state index in [1.807, 2.05) is 19.9 Å². The van der Waals surface area contributed by atoms with Crippen molar-refractivity contribution in [3.05, 3.63) is 53.1 Å². The van der Waals surface area contributed by atoms with Gasteiger partial charge in [-0.1, -0.05) is 12.1 Å². The Hall–Kier alpha value is -2.34. The van der Waals surface area contributed by atoms with Crippen LogP contribution >= 0.6 is 0 Å². The lowest BCUT2D eigenvalue weighted by molar-refractivity contribution is -0.117. The minimum Gasteiger partial charge on any atom is -0.379 e. The highest BCUT2D eigenvalue weighted by Crippen LogP contribution is 2.29. The molecule has 0 N–H and O–H groups in total. The molecule has 1 heterocycles. The highest BCUT2D eigenvalue weighted by molar-refractivity contribution is 7.87. The standard InChI is InChI=1S/C19H21NO4S/c1-13-6-4-7-17(15(13)3)24-25(22,23)18-10-9-16(12-14(18)2)20-11-5-8-19(20)21/h4,6-7,9-10,12H,5,8,11H2,1-3H3. The van der Waals surface area contributed by atoms with E-state index >= 15 is 0 Å². The normalized spacial score (nSPS) is 14.8. The predicted octanol–water partition coefficient (Wildman–Crippen LogP) is 3.51. The molecule has 0 saturated carbocycles. The summed E-state index contributed by atoms with van der Waals surface area (Å²) >= 11 is 0. The van der Waals surface area contributed by atoms with E-state index in [9.17, 15) is 13.2 Å². The maximum absolute atomic E-state index is 12.7. The molecule has 1 amide bonds. The first kappa shape index (κ1) is 17.5. The Labute approximate surface area is 148 Å². The van der Waals surface area contributed by atoms with Gasteiger partial charge >= 0.3 is 10.1 Å². The quantitative estimate of drug-likeness (QED) is 0.784. The van der Waals surface area contributed by atoms with E-state index in [2.05, 4.69) is 0 Å². The molecule has 0 atom stereocenters. The molecule has 0 spiro atoms. The monoisotopic (exact) mass is 359 g/mol. The number of aryl methyl sites for hydroxylation is 2. The van der Waals surface area contributed by atoms with Crippen LogP contribution in [0.3, 0.4) is 0 Å². The van der Waals surface area contributed by atoms with E-state index in [1.54, 1.807) is 36.1 Å². The first-order valence-electron chi connectivity index (χ1n) is 8.21. The number of amides is 1. The third-order valence-corrected chi connectivity index (χ3v) is 5.96. The topological polar surface area (TPSA) is 63.7 Å². The van der Waals surface area contributed by atoms with E-state index in [-0.39, 0.29) is 10.8 Å². The largest absolute Gasteiger partial charge is 0.379 e. The molecule has 1 saturated heterocycles. The van der Waals surface area contributed by atoms with Gasteiger partial charge in [-0.25, -0.2) is 0 Å². The summed E-state index contributed by atoms with van der Waals surface area (Å²) in [6.07, 6.45) is 1.36. The van der Waals surface area contributed by atoms with Gasteiger partial charge in [-0.15, -0.1) is 0 Å². The van der Waals surface area contributed by atoms with Crippen LogP contribution in [0.4, 0.5) is 5.69 Å². The molecule has 0 unspecified atom stereocenters. The fourth-order valence-electron chi connectivity index (χ4n) is 2.98. The van der Waals surface area contributed by atoms with Gasteiger partial charge in [-0.3, -0.25) is 4.79 Å². The Balaban J connectivity index is 1.92. The zero-order chi connectivity index (χ0) is 18.2. The third kappa shape index (κ3) is 3.39. The average molecular weight is 359 g/mol. The number of carbonyl (C=O) groups excluding carboxylic acids is 1. The molecule has 0 bridgehead atoms. The molecule has 132 valence electrons. The molecule has 0 aliphatic carbocycles. The maximum atomic E-state index is 12.7. The molecular formula is C19H21NO4S. The van der Waals surface area contributed by atoms with Crippen molar-refractivity contribution in [3.8, 4) is 5.75 Å². The van der Waals surface area contributed by atoms with Gasteiger partial charge in [0.2, 0.25) is 5.91 Å². The summed E-state index contributed by atoms with van der Waals surface area (Å²) in [6, 6.07) is 10.2. The average Bonchev–Trinajstić information content (AvgIpc) is 2.97. The van der Waals surface area contributed by atoms with Crippen molar-refractivity contribution in [3.63, 3.8) is 0 Å². The Bertz CT molecular complexity index is 934. The summed E-state index contributed by atoms with van der Waals surface area (Å²) in [5, 5.41) is 0. The zero-order valence-electron chi connectivity index (χ0n) is 14.6. The Morgan fingerprint density at radius 3 is 2.44 bits per heavy atom. The molecule has 0 radical (unpaired) electrons. The number of carbonyl (C=O) groups is 1. The first-order chi connectivity index (χ1) is 11.8.